The van der Waals surface area contributed by atoms with E-state index in [1.165, 1.54) is 12.2 Å². The molecule has 1 aromatic rings. The van der Waals surface area contributed by atoms with E-state index in [4.69, 9.17) is 11.6 Å². The first-order valence-electron chi connectivity index (χ1n) is 4.59. The topological polar surface area (TPSA) is 68.1 Å². The zero-order valence-corrected chi connectivity index (χ0v) is 9.72. The second-order valence-corrected chi connectivity index (χ2v) is 3.33. The van der Waals surface area contributed by atoms with Crippen LogP contribution in [0.4, 0.5) is 4.79 Å². The molecule has 0 fully saturated rings. The number of benzene rings is 1. The van der Waals surface area contributed by atoms with Crippen molar-refractivity contribution in [2.75, 3.05) is 7.11 Å². The molecule has 0 bridgehead atoms. The first kappa shape index (κ1) is 13.1. The lowest BCUT2D eigenvalue weighted by Crippen LogP contribution is -1.93. The van der Waals surface area contributed by atoms with Gasteiger partial charge in [-0.05, 0) is 23.8 Å². The van der Waals surface area contributed by atoms with Gasteiger partial charge < -0.3 is 4.74 Å². The van der Waals surface area contributed by atoms with Crippen molar-refractivity contribution in [1.82, 2.24) is 0 Å². The Morgan fingerprint density at radius 1 is 1.24 bits per heavy atom. The largest absolute Gasteiger partial charge is 0.452 e. The number of ether oxygens (including phenoxy) is 1. The van der Waals surface area contributed by atoms with Crippen LogP contribution in [-0.4, -0.2) is 19.1 Å². The van der Waals surface area contributed by atoms with Crippen molar-refractivity contribution in [3.63, 3.8) is 0 Å². The van der Waals surface area contributed by atoms with E-state index >= 15 is 0 Å². The molecular formula is C11H9ClN2O3. The zero-order chi connectivity index (χ0) is 12.7. The molecule has 6 heteroatoms. The molecule has 88 valence electrons. The summed E-state index contributed by atoms with van der Waals surface area (Å²) in [5, 5.41) is 6.75. The van der Waals surface area contributed by atoms with Crippen LogP contribution in [0.3, 0.4) is 0 Å². The smallest absolute Gasteiger partial charge is 0.450 e. The Hall–Kier alpha value is -2.01. The average molecular weight is 253 g/mol. The fraction of sp³-hybridized carbons (Fsp3) is 0.0909. The van der Waals surface area contributed by atoms with Crippen molar-refractivity contribution in [3.8, 4) is 0 Å². The Morgan fingerprint density at radius 2 is 1.88 bits per heavy atom. The van der Waals surface area contributed by atoms with Crippen molar-refractivity contribution in [1.29, 1.82) is 0 Å². The number of azo groups is 1. The highest BCUT2D eigenvalue weighted by molar-refractivity contribution is 6.30. The van der Waals surface area contributed by atoms with E-state index in [2.05, 4.69) is 15.0 Å². The summed E-state index contributed by atoms with van der Waals surface area (Å²) in [5.74, 6) is -0.648. The molecule has 0 aliphatic rings. The van der Waals surface area contributed by atoms with Crippen LogP contribution < -0.4 is 0 Å². The monoisotopic (exact) mass is 252 g/mol. The van der Waals surface area contributed by atoms with Crippen LogP contribution in [0.5, 0.6) is 0 Å². The number of rotatable bonds is 2. The summed E-state index contributed by atoms with van der Waals surface area (Å²) in [6, 6.07) is 6.87. The second kappa shape index (κ2) is 6.55. The number of halogens is 1. The summed E-state index contributed by atoms with van der Waals surface area (Å²) >= 11 is 5.70. The minimum atomic E-state index is -0.918. The Bertz CT molecular complexity index is 466. The number of methoxy groups -OCH3 is 1. The highest BCUT2D eigenvalue weighted by Gasteiger charge is 1.97. The molecule has 5 nitrogen and oxygen atoms in total. The van der Waals surface area contributed by atoms with Gasteiger partial charge in [-0.15, -0.1) is 5.11 Å². The fourth-order valence-electron chi connectivity index (χ4n) is 0.906. The lowest BCUT2D eigenvalue weighted by molar-refractivity contribution is -0.113. The predicted molar refractivity (Wildman–Crippen MR) is 62.8 cm³/mol. The Balaban J connectivity index is 2.59. The first-order chi connectivity index (χ1) is 8.11. The molecule has 0 saturated heterocycles. The molecule has 0 heterocycles. The molecule has 0 aromatic heterocycles. The highest BCUT2D eigenvalue weighted by Crippen LogP contribution is 2.10. The number of carbonyl (C=O) groups excluding carboxylic acids is 2. The number of hydrogen-bond acceptors (Lipinski definition) is 3. The Morgan fingerprint density at radius 3 is 2.47 bits per heavy atom. The molecule has 0 aliphatic heterocycles. The van der Waals surface area contributed by atoms with E-state index in [9.17, 15) is 9.59 Å². The second-order valence-electron chi connectivity index (χ2n) is 2.89. The molecule has 0 N–H and O–H groups in total. The SMILES string of the molecule is COC(=O)N=NC(=O)/C=C/c1ccc(Cl)cc1. The van der Waals surface area contributed by atoms with Crippen LogP contribution in [0, 0.1) is 0 Å². The van der Waals surface area contributed by atoms with Gasteiger partial charge in [0.25, 0.3) is 5.91 Å². The van der Waals surface area contributed by atoms with Crippen LogP contribution in [0.2, 0.25) is 5.02 Å². The summed E-state index contributed by atoms with van der Waals surface area (Å²) in [6.07, 6.45) is 1.81. The predicted octanol–water partition coefficient (Wildman–Crippen LogP) is 3.10. The van der Waals surface area contributed by atoms with Gasteiger partial charge in [0.05, 0.1) is 7.11 Å². The van der Waals surface area contributed by atoms with Gasteiger partial charge in [0.15, 0.2) is 0 Å². The van der Waals surface area contributed by atoms with Gasteiger partial charge in [-0.1, -0.05) is 28.8 Å². The minimum Gasteiger partial charge on any atom is -0.450 e. The third-order valence-corrected chi connectivity index (χ3v) is 1.95. The Labute approximate surface area is 103 Å². The van der Waals surface area contributed by atoms with E-state index in [0.717, 1.165) is 12.7 Å². The maximum Gasteiger partial charge on any atom is 0.452 e. The lowest BCUT2D eigenvalue weighted by atomic mass is 10.2. The maximum atomic E-state index is 11.1. The van der Waals surface area contributed by atoms with Gasteiger partial charge in [-0.3, -0.25) is 4.79 Å². The molecule has 0 atom stereocenters. The number of nitrogens with zero attached hydrogens (tertiary/aromatic N) is 2. The molecule has 17 heavy (non-hydrogen) atoms. The average Bonchev–Trinajstić information content (AvgIpc) is 2.35. The number of amides is 2. The summed E-state index contributed by atoms with van der Waals surface area (Å²) in [4.78, 5) is 21.7. The molecule has 0 radical (unpaired) electrons. The molecule has 0 spiro atoms. The van der Waals surface area contributed by atoms with E-state index in [1.807, 2.05) is 0 Å². The summed E-state index contributed by atoms with van der Waals surface area (Å²) in [6.45, 7) is 0. The lowest BCUT2D eigenvalue weighted by Gasteiger charge is -1.92. The van der Waals surface area contributed by atoms with Gasteiger partial charge in [0.1, 0.15) is 0 Å². The minimum absolute atomic E-state index is 0.610. The van der Waals surface area contributed by atoms with Crippen LogP contribution >= 0.6 is 11.6 Å². The van der Waals surface area contributed by atoms with Crippen molar-refractivity contribution >= 4 is 29.7 Å². The molecule has 0 saturated carbocycles. The fourth-order valence-corrected chi connectivity index (χ4v) is 1.03. The zero-order valence-electron chi connectivity index (χ0n) is 8.96. The van der Waals surface area contributed by atoms with Crippen molar-refractivity contribution in [2.45, 2.75) is 0 Å². The van der Waals surface area contributed by atoms with Crippen LogP contribution in [0.25, 0.3) is 6.08 Å². The molecular weight excluding hydrogens is 244 g/mol. The van der Waals surface area contributed by atoms with E-state index in [-0.39, 0.29) is 0 Å². The third kappa shape index (κ3) is 5.03. The van der Waals surface area contributed by atoms with Crippen molar-refractivity contribution in [2.24, 2.45) is 10.2 Å². The van der Waals surface area contributed by atoms with Crippen LogP contribution in [0.1, 0.15) is 5.56 Å². The molecule has 1 rings (SSSR count). The van der Waals surface area contributed by atoms with Gasteiger partial charge in [0, 0.05) is 11.1 Å². The van der Waals surface area contributed by atoms with Crippen LogP contribution in [0.15, 0.2) is 40.6 Å². The summed E-state index contributed by atoms with van der Waals surface area (Å²) in [7, 11) is 1.15. The van der Waals surface area contributed by atoms with Crippen molar-refractivity contribution in [3.05, 3.63) is 40.9 Å². The van der Waals surface area contributed by atoms with Crippen molar-refractivity contribution < 1.29 is 14.3 Å². The standard InChI is InChI=1S/C11H9ClN2O3/c1-17-11(16)14-13-10(15)7-4-8-2-5-9(12)6-3-8/h2-7H,1H3/b7-4+,14-13?. The number of hydrogen-bond donors (Lipinski definition) is 0. The number of carbonyl (C=O) groups is 2. The Kier molecular flexibility index (Phi) is 5.03. The maximum absolute atomic E-state index is 11.1. The highest BCUT2D eigenvalue weighted by atomic mass is 35.5. The third-order valence-electron chi connectivity index (χ3n) is 1.69. The van der Waals surface area contributed by atoms with Gasteiger partial charge >= 0.3 is 6.09 Å². The normalized spacial score (nSPS) is 10.9. The summed E-state index contributed by atoms with van der Waals surface area (Å²) in [5.41, 5.74) is 0.788. The van der Waals surface area contributed by atoms with E-state index in [0.29, 0.717) is 5.02 Å². The van der Waals surface area contributed by atoms with E-state index < -0.39 is 12.0 Å². The molecule has 1 aromatic carbocycles. The van der Waals surface area contributed by atoms with E-state index in [1.54, 1.807) is 24.3 Å². The molecule has 2 amide bonds. The molecule has 0 unspecified atom stereocenters. The van der Waals surface area contributed by atoms with Gasteiger partial charge in [0.2, 0.25) is 0 Å². The first-order valence-corrected chi connectivity index (χ1v) is 4.97. The van der Waals surface area contributed by atoms with Gasteiger partial charge in [-0.25, -0.2) is 4.79 Å². The van der Waals surface area contributed by atoms with Crippen LogP contribution in [-0.2, 0) is 9.53 Å². The summed E-state index contributed by atoms with van der Waals surface area (Å²) < 4.78 is 4.19. The quantitative estimate of drug-likeness (QED) is 0.600. The van der Waals surface area contributed by atoms with Gasteiger partial charge in [-0.2, -0.15) is 0 Å². The molecule has 0 aliphatic carbocycles.